The number of hydrogen-bond donors (Lipinski definition) is 0. The molecule has 20 heavy (non-hydrogen) atoms. The van der Waals surface area contributed by atoms with Crippen LogP contribution in [0, 0.1) is 5.92 Å². The summed E-state index contributed by atoms with van der Waals surface area (Å²) in [5.41, 5.74) is 0. The number of carbonyl (C=O) groups is 1. The Balaban J connectivity index is 1.98. The summed E-state index contributed by atoms with van der Waals surface area (Å²) in [6.45, 7) is 3.50. The van der Waals surface area contributed by atoms with Gasteiger partial charge >= 0.3 is 0 Å². The van der Waals surface area contributed by atoms with Crippen LogP contribution in [-0.4, -0.2) is 53.9 Å². The average Bonchev–Trinajstić information content (AvgIpc) is 2.89. The van der Waals surface area contributed by atoms with E-state index in [2.05, 4.69) is 11.9 Å². The molecule has 1 fully saturated rings. The number of amides is 1. The molecule has 1 aromatic heterocycles. The van der Waals surface area contributed by atoms with Gasteiger partial charge in [-0.3, -0.25) is 4.79 Å². The number of sulfone groups is 1. The van der Waals surface area contributed by atoms with Crippen molar-refractivity contribution in [1.82, 2.24) is 14.5 Å². The molecule has 2 atom stereocenters. The predicted molar refractivity (Wildman–Crippen MR) is 76.0 cm³/mol. The number of aromatic nitrogens is 2. The molecule has 6 nitrogen and oxygen atoms in total. The van der Waals surface area contributed by atoms with Crippen molar-refractivity contribution in [2.75, 3.05) is 25.1 Å². The molecule has 0 aliphatic carbocycles. The van der Waals surface area contributed by atoms with Crippen LogP contribution in [0.5, 0.6) is 0 Å². The number of nitrogens with zero attached hydrogens (tertiary/aromatic N) is 3. The van der Waals surface area contributed by atoms with Crippen LogP contribution >= 0.6 is 0 Å². The fraction of sp³-hybridized carbons (Fsp3) is 0.692. The van der Waals surface area contributed by atoms with Gasteiger partial charge < -0.3 is 9.47 Å². The van der Waals surface area contributed by atoms with E-state index in [1.54, 1.807) is 17.4 Å². The Hall–Kier alpha value is -1.37. The van der Waals surface area contributed by atoms with E-state index in [4.69, 9.17) is 0 Å². The van der Waals surface area contributed by atoms with Gasteiger partial charge in [-0.1, -0.05) is 6.92 Å². The van der Waals surface area contributed by atoms with Crippen molar-refractivity contribution >= 4 is 15.7 Å². The minimum Gasteiger partial charge on any atom is -0.341 e. The molecular weight excluding hydrogens is 278 g/mol. The van der Waals surface area contributed by atoms with E-state index in [1.165, 1.54) is 0 Å². The van der Waals surface area contributed by atoms with Crippen LogP contribution in [0.15, 0.2) is 18.7 Å². The molecule has 2 rings (SSSR count). The lowest BCUT2D eigenvalue weighted by atomic mass is 9.93. The zero-order valence-corrected chi connectivity index (χ0v) is 12.7. The van der Waals surface area contributed by atoms with Gasteiger partial charge in [0.05, 0.1) is 18.1 Å². The highest BCUT2D eigenvalue weighted by molar-refractivity contribution is 7.90. The maximum absolute atomic E-state index is 12.1. The number of likely N-dealkylation sites (tertiary alicyclic amines) is 1. The standard InChI is InChI=1S/C13H21N3O3S/c1-11-3-6-15(13(17)4-8-20(2,18)19)9-12(11)16-7-5-14-10-16/h5,7,10-12H,3-4,6,8-9H2,1-2H3. The van der Waals surface area contributed by atoms with Gasteiger partial charge in [0.2, 0.25) is 5.91 Å². The van der Waals surface area contributed by atoms with E-state index in [0.717, 1.165) is 12.7 Å². The third-order valence-electron chi connectivity index (χ3n) is 3.87. The van der Waals surface area contributed by atoms with Crippen LogP contribution in [0.25, 0.3) is 0 Å². The van der Waals surface area contributed by atoms with Gasteiger partial charge in [0, 0.05) is 38.2 Å². The first-order chi connectivity index (χ1) is 9.37. The Morgan fingerprint density at radius 1 is 1.45 bits per heavy atom. The molecule has 1 aliphatic rings. The van der Waals surface area contributed by atoms with Gasteiger partial charge in [0.15, 0.2) is 0 Å². The zero-order valence-electron chi connectivity index (χ0n) is 11.9. The number of hydrogen-bond acceptors (Lipinski definition) is 4. The highest BCUT2D eigenvalue weighted by Gasteiger charge is 2.29. The topological polar surface area (TPSA) is 72.3 Å². The number of imidazole rings is 1. The Morgan fingerprint density at radius 2 is 2.20 bits per heavy atom. The summed E-state index contributed by atoms with van der Waals surface area (Å²) in [4.78, 5) is 17.9. The summed E-state index contributed by atoms with van der Waals surface area (Å²) >= 11 is 0. The molecule has 0 radical (unpaired) electrons. The fourth-order valence-electron chi connectivity index (χ4n) is 2.56. The number of rotatable bonds is 4. The molecule has 1 saturated heterocycles. The summed E-state index contributed by atoms with van der Waals surface area (Å²) in [7, 11) is -3.09. The van der Waals surface area contributed by atoms with Gasteiger partial charge in [-0.25, -0.2) is 13.4 Å². The van der Waals surface area contributed by atoms with Crippen LogP contribution in [0.4, 0.5) is 0 Å². The molecule has 0 bridgehead atoms. The summed E-state index contributed by atoms with van der Waals surface area (Å²) in [6.07, 6.45) is 7.57. The minimum absolute atomic E-state index is 0.0733. The Morgan fingerprint density at radius 3 is 2.80 bits per heavy atom. The second kappa shape index (κ2) is 5.95. The summed E-state index contributed by atoms with van der Waals surface area (Å²) in [6, 6.07) is 0.216. The Kier molecular flexibility index (Phi) is 4.47. The van der Waals surface area contributed by atoms with E-state index in [0.29, 0.717) is 19.0 Å². The molecule has 0 N–H and O–H groups in total. The maximum Gasteiger partial charge on any atom is 0.223 e. The van der Waals surface area contributed by atoms with Crippen molar-refractivity contribution in [2.45, 2.75) is 25.8 Å². The van der Waals surface area contributed by atoms with Crippen LogP contribution in [0.1, 0.15) is 25.8 Å². The molecule has 0 saturated carbocycles. The van der Waals surface area contributed by atoms with Crippen molar-refractivity contribution in [3.63, 3.8) is 0 Å². The van der Waals surface area contributed by atoms with Gasteiger partial charge in [0.1, 0.15) is 9.84 Å². The van der Waals surface area contributed by atoms with Crippen molar-refractivity contribution in [3.8, 4) is 0 Å². The van der Waals surface area contributed by atoms with Crippen molar-refractivity contribution in [3.05, 3.63) is 18.7 Å². The molecule has 0 spiro atoms. The lowest BCUT2D eigenvalue weighted by Gasteiger charge is -2.37. The third-order valence-corrected chi connectivity index (χ3v) is 4.81. The third kappa shape index (κ3) is 3.82. The lowest BCUT2D eigenvalue weighted by molar-refractivity contribution is -0.133. The largest absolute Gasteiger partial charge is 0.341 e. The molecule has 112 valence electrons. The van der Waals surface area contributed by atoms with E-state index in [-0.39, 0.29) is 24.1 Å². The van der Waals surface area contributed by atoms with Gasteiger partial charge in [-0.15, -0.1) is 0 Å². The lowest BCUT2D eigenvalue weighted by Crippen LogP contribution is -2.44. The van der Waals surface area contributed by atoms with E-state index >= 15 is 0 Å². The van der Waals surface area contributed by atoms with Crippen LogP contribution in [0.2, 0.25) is 0 Å². The first kappa shape index (κ1) is 15.0. The normalized spacial score (nSPS) is 23.8. The first-order valence-electron chi connectivity index (χ1n) is 6.80. The first-order valence-corrected chi connectivity index (χ1v) is 8.86. The van der Waals surface area contributed by atoms with Gasteiger partial charge in [0.25, 0.3) is 0 Å². The SMILES string of the molecule is CC1CCN(C(=O)CCS(C)(=O)=O)CC1n1ccnc1. The highest BCUT2D eigenvalue weighted by Crippen LogP contribution is 2.27. The van der Waals surface area contributed by atoms with Crippen molar-refractivity contribution in [2.24, 2.45) is 5.92 Å². The molecule has 1 aliphatic heterocycles. The summed E-state index contributed by atoms with van der Waals surface area (Å²) in [5, 5.41) is 0. The Bertz CT molecular complexity index is 553. The van der Waals surface area contributed by atoms with E-state index in [9.17, 15) is 13.2 Å². The van der Waals surface area contributed by atoms with Crippen LogP contribution < -0.4 is 0 Å². The van der Waals surface area contributed by atoms with E-state index < -0.39 is 9.84 Å². The average molecular weight is 299 g/mol. The van der Waals surface area contributed by atoms with Crippen LogP contribution in [-0.2, 0) is 14.6 Å². The van der Waals surface area contributed by atoms with Crippen molar-refractivity contribution < 1.29 is 13.2 Å². The highest BCUT2D eigenvalue weighted by atomic mass is 32.2. The quantitative estimate of drug-likeness (QED) is 0.821. The summed E-state index contributed by atoms with van der Waals surface area (Å²) < 4.78 is 24.3. The fourth-order valence-corrected chi connectivity index (χ4v) is 3.11. The Labute approximate surface area is 119 Å². The number of piperidine rings is 1. The molecule has 7 heteroatoms. The van der Waals surface area contributed by atoms with Gasteiger partial charge in [-0.05, 0) is 12.3 Å². The molecule has 1 amide bonds. The second-order valence-corrected chi connectivity index (χ2v) is 7.82. The zero-order chi connectivity index (χ0) is 14.8. The minimum atomic E-state index is -3.09. The number of carbonyl (C=O) groups excluding carboxylic acids is 1. The predicted octanol–water partition coefficient (Wildman–Crippen LogP) is 0.727. The maximum atomic E-state index is 12.1. The van der Waals surface area contributed by atoms with Crippen LogP contribution in [0.3, 0.4) is 0 Å². The molecule has 2 heterocycles. The molecule has 0 aromatic carbocycles. The molecular formula is C13H21N3O3S. The monoisotopic (exact) mass is 299 g/mol. The van der Waals surface area contributed by atoms with Crippen molar-refractivity contribution in [1.29, 1.82) is 0 Å². The molecule has 2 unspecified atom stereocenters. The second-order valence-electron chi connectivity index (χ2n) is 5.56. The smallest absolute Gasteiger partial charge is 0.223 e. The van der Waals surface area contributed by atoms with E-state index in [1.807, 2.05) is 10.8 Å². The van der Waals surface area contributed by atoms with Gasteiger partial charge in [-0.2, -0.15) is 0 Å². The molecule has 1 aromatic rings. The summed E-state index contributed by atoms with van der Waals surface area (Å²) in [5.74, 6) is 0.323.